The molecule has 1 fully saturated rings. The molecule has 9 nitrogen and oxygen atoms in total. The van der Waals surface area contributed by atoms with Crippen LogP contribution in [0.4, 0.5) is 5.82 Å². The number of ether oxygens (including phenoxy) is 2. The van der Waals surface area contributed by atoms with Gasteiger partial charge >= 0.3 is 0 Å². The number of benzene rings is 1. The first-order valence-corrected chi connectivity index (χ1v) is 11.9. The van der Waals surface area contributed by atoms with E-state index in [-0.39, 0.29) is 28.6 Å². The van der Waals surface area contributed by atoms with Gasteiger partial charge in [-0.3, -0.25) is 9.78 Å². The minimum atomic E-state index is -3.77. The Bertz CT molecular complexity index is 1230. The third kappa shape index (κ3) is 5.12. The van der Waals surface area contributed by atoms with Crippen LogP contribution in [0, 0.1) is 0 Å². The maximum Gasteiger partial charge on any atom is 0.256 e. The van der Waals surface area contributed by atoms with Crippen LogP contribution in [0.5, 0.6) is 11.5 Å². The zero-order chi connectivity index (χ0) is 23.3. The van der Waals surface area contributed by atoms with Gasteiger partial charge in [-0.25, -0.2) is 13.4 Å². The van der Waals surface area contributed by atoms with Gasteiger partial charge in [0.2, 0.25) is 10.0 Å². The number of hydrogen-bond donors (Lipinski definition) is 1. The third-order valence-electron chi connectivity index (χ3n) is 5.25. The van der Waals surface area contributed by atoms with Crippen molar-refractivity contribution >= 4 is 21.7 Å². The van der Waals surface area contributed by atoms with Crippen LogP contribution in [0.3, 0.4) is 0 Å². The van der Waals surface area contributed by atoms with E-state index >= 15 is 0 Å². The summed E-state index contributed by atoms with van der Waals surface area (Å²) in [4.78, 5) is 21.1. The number of methoxy groups -OCH3 is 1. The van der Waals surface area contributed by atoms with Gasteiger partial charge in [-0.2, -0.15) is 4.31 Å². The van der Waals surface area contributed by atoms with E-state index in [1.54, 1.807) is 24.5 Å². The third-order valence-corrected chi connectivity index (χ3v) is 7.17. The Kier molecular flexibility index (Phi) is 6.85. The van der Waals surface area contributed by atoms with E-state index in [1.165, 1.54) is 35.8 Å². The van der Waals surface area contributed by atoms with E-state index in [1.807, 2.05) is 12.1 Å². The van der Waals surface area contributed by atoms with Gasteiger partial charge in [0, 0.05) is 37.2 Å². The van der Waals surface area contributed by atoms with Crippen LogP contribution in [0.25, 0.3) is 0 Å². The molecule has 0 aliphatic carbocycles. The van der Waals surface area contributed by atoms with E-state index in [2.05, 4.69) is 15.3 Å². The van der Waals surface area contributed by atoms with Gasteiger partial charge in [0.1, 0.15) is 17.3 Å². The predicted molar refractivity (Wildman–Crippen MR) is 122 cm³/mol. The van der Waals surface area contributed by atoms with Gasteiger partial charge in [-0.1, -0.05) is 0 Å². The zero-order valence-corrected chi connectivity index (χ0v) is 18.9. The topological polar surface area (TPSA) is 111 Å². The molecule has 0 saturated carbocycles. The number of anilines is 1. The molecule has 1 amide bonds. The van der Waals surface area contributed by atoms with E-state index in [4.69, 9.17) is 9.47 Å². The van der Waals surface area contributed by atoms with E-state index in [9.17, 15) is 13.2 Å². The minimum Gasteiger partial charge on any atom is -0.495 e. The van der Waals surface area contributed by atoms with Gasteiger partial charge in [0.15, 0.2) is 11.6 Å². The Morgan fingerprint density at radius 1 is 1.06 bits per heavy atom. The average molecular weight is 469 g/mol. The lowest BCUT2D eigenvalue weighted by molar-refractivity contribution is 0.102. The quantitative estimate of drug-likeness (QED) is 0.541. The van der Waals surface area contributed by atoms with Crippen molar-refractivity contribution in [3.05, 3.63) is 72.2 Å². The first-order valence-electron chi connectivity index (χ1n) is 10.5. The lowest BCUT2D eigenvalue weighted by Crippen LogP contribution is -2.28. The smallest absolute Gasteiger partial charge is 0.256 e. The van der Waals surface area contributed by atoms with Crippen molar-refractivity contribution in [2.75, 3.05) is 25.5 Å². The van der Waals surface area contributed by atoms with Crippen molar-refractivity contribution in [3.63, 3.8) is 0 Å². The van der Waals surface area contributed by atoms with Crippen molar-refractivity contribution in [1.29, 1.82) is 0 Å². The number of aromatic nitrogens is 2. The summed E-state index contributed by atoms with van der Waals surface area (Å²) in [5, 5.41) is 2.71. The van der Waals surface area contributed by atoms with Crippen molar-refractivity contribution in [2.24, 2.45) is 0 Å². The molecule has 0 spiro atoms. The van der Waals surface area contributed by atoms with Crippen LogP contribution in [-0.2, 0) is 16.6 Å². The molecule has 2 aromatic heterocycles. The monoisotopic (exact) mass is 468 g/mol. The van der Waals surface area contributed by atoms with Crippen molar-refractivity contribution in [1.82, 2.24) is 14.3 Å². The number of nitrogens with zero attached hydrogens (tertiary/aromatic N) is 3. The van der Waals surface area contributed by atoms with Crippen molar-refractivity contribution in [3.8, 4) is 11.5 Å². The fourth-order valence-corrected chi connectivity index (χ4v) is 5.21. The highest BCUT2D eigenvalue weighted by atomic mass is 32.2. The standard InChI is InChI=1S/C23H24N4O5S/c1-31-19-7-6-18(15-21(19)33(29,30)27-13-2-3-14-27)23(28)26-22-20(5-4-10-25-22)32-16-17-8-11-24-12-9-17/h4-12,15H,2-3,13-14,16H2,1H3,(H,25,26,28). The zero-order valence-electron chi connectivity index (χ0n) is 18.1. The van der Waals surface area contributed by atoms with Gasteiger partial charge in [0.25, 0.3) is 5.91 Å². The molecule has 0 unspecified atom stereocenters. The highest BCUT2D eigenvalue weighted by Gasteiger charge is 2.30. The van der Waals surface area contributed by atoms with Crippen LogP contribution < -0.4 is 14.8 Å². The number of pyridine rings is 2. The largest absolute Gasteiger partial charge is 0.495 e. The summed E-state index contributed by atoms with van der Waals surface area (Å²) in [6.07, 6.45) is 6.49. The maximum atomic E-state index is 13.1. The SMILES string of the molecule is COc1ccc(C(=O)Nc2ncccc2OCc2ccncc2)cc1S(=O)(=O)N1CCCC1. The predicted octanol–water partition coefficient (Wildman–Crippen LogP) is 3.10. The molecule has 4 rings (SSSR count). The lowest BCUT2D eigenvalue weighted by Gasteiger charge is -2.18. The number of rotatable bonds is 8. The summed E-state index contributed by atoms with van der Waals surface area (Å²) in [6.45, 7) is 1.18. The molecule has 1 aromatic carbocycles. The number of sulfonamides is 1. The summed E-state index contributed by atoms with van der Waals surface area (Å²) >= 11 is 0. The van der Waals surface area contributed by atoms with E-state index < -0.39 is 15.9 Å². The Hall–Kier alpha value is -3.50. The van der Waals surface area contributed by atoms with E-state index in [0.29, 0.717) is 18.8 Å². The Morgan fingerprint density at radius 3 is 2.55 bits per heavy atom. The molecule has 0 bridgehead atoms. The van der Waals surface area contributed by atoms with E-state index in [0.717, 1.165) is 18.4 Å². The number of carbonyl (C=O) groups is 1. The summed E-state index contributed by atoms with van der Waals surface area (Å²) in [6, 6.07) is 11.4. The molecule has 10 heteroatoms. The van der Waals surface area contributed by atoms with Crippen LogP contribution >= 0.6 is 0 Å². The Morgan fingerprint density at radius 2 is 1.82 bits per heavy atom. The first kappa shape index (κ1) is 22.7. The van der Waals surface area contributed by atoms with Crippen LogP contribution in [0.1, 0.15) is 28.8 Å². The molecule has 0 radical (unpaired) electrons. The molecule has 3 aromatic rings. The second-order valence-electron chi connectivity index (χ2n) is 7.43. The van der Waals surface area contributed by atoms with Crippen molar-refractivity contribution in [2.45, 2.75) is 24.3 Å². The molecular weight excluding hydrogens is 444 g/mol. The summed E-state index contributed by atoms with van der Waals surface area (Å²) in [5.74, 6) is 0.304. The fourth-order valence-electron chi connectivity index (χ4n) is 3.51. The van der Waals surface area contributed by atoms with Crippen LogP contribution in [0.2, 0.25) is 0 Å². The molecule has 1 aliphatic rings. The maximum absolute atomic E-state index is 13.1. The highest BCUT2D eigenvalue weighted by Crippen LogP contribution is 2.30. The van der Waals surface area contributed by atoms with Gasteiger partial charge < -0.3 is 14.8 Å². The molecule has 3 heterocycles. The highest BCUT2D eigenvalue weighted by molar-refractivity contribution is 7.89. The molecule has 0 atom stereocenters. The summed E-state index contributed by atoms with van der Waals surface area (Å²) < 4.78 is 38.7. The Labute approximate surface area is 192 Å². The van der Waals surface area contributed by atoms with Gasteiger partial charge in [0.05, 0.1) is 7.11 Å². The minimum absolute atomic E-state index is 0.0327. The molecular formula is C23H24N4O5S. The Balaban J connectivity index is 1.56. The molecule has 33 heavy (non-hydrogen) atoms. The molecule has 1 N–H and O–H groups in total. The summed E-state index contributed by atoms with van der Waals surface area (Å²) in [5.41, 5.74) is 1.08. The van der Waals surface area contributed by atoms with Crippen molar-refractivity contribution < 1.29 is 22.7 Å². The van der Waals surface area contributed by atoms with Gasteiger partial charge in [-0.05, 0) is 60.9 Å². The lowest BCUT2D eigenvalue weighted by atomic mass is 10.2. The van der Waals surface area contributed by atoms with Crippen LogP contribution in [-0.4, -0.2) is 48.8 Å². The summed E-state index contributed by atoms with van der Waals surface area (Å²) in [7, 11) is -2.37. The molecule has 1 saturated heterocycles. The van der Waals surface area contributed by atoms with Crippen LogP contribution in [0.15, 0.2) is 66.0 Å². The average Bonchev–Trinajstić information content (AvgIpc) is 3.40. The first-order chi connectivity index (χ1) is 16.0. The van der Waals surface area contributed by atoms with Gasteiger partial charge in [-0.15, -0.1) is 0 Å². The number of nitrogens with one attached hydrogen (secondary N) is 1. The second-order valence-corrected chi connectivity index (χ2v) is 9.33. The normalized spacial score (nSPS) is 14.1. The molecule has 1 aliphatic heterocycles. The fraction of sp³-hybridized carbons (Fsp3) is 0.261. The molecule has 172 valence electrons. The second kappa shape index (κ2) is 9.97. The number of carbonyl (C=O) groups excluding carboxylic acids is 1. The number of hydrogen-bond acceptors (Lipinski definition) is 7. The number of amides is 1.